The number of hydrogen-bond donors (Lipinski definition) is 2. The summed E-state index contributed by atoms with van der Waals surface area (Å²) in [6, 6.07) is 5.58. The molecule has 0 atom stereocenters. The van der Waals surface area contributed by atoms with Crippen LogP contribution in [0.4, 0.5) is 5.69 Å². The van der Waals surface area contributed by atoms with Gasteiger partial charge in [-0.2, -0.15) is 0 Å². The van der Waals surface area contributed by atoms with Gasteiger partial charge in [-0.25, -0.2) is 0 Å². The maximum absolute atomic E-state index is 5.88. The van der Waals surface area contributed by atoms with Crippen LogP contribution in [0.2, 0.25) is 0 Å². The minimum absolute atomic E-state index is 0.707. The highest BCUT2D eigenvalue weighted by atomic mass is 16.7. The van der Waals surface area contributed by atoms with E-state index < -0.39 is 5.91 Å². The number of nitrogens with two attached hydrogens (primary N) is 2. The lowest BCUT2D eigenvalue weighted by Crippen LogP contribution is -2.40. The molecule has 0 saturated heterocycles. The van der Waals surface area contributed by atoms with Crippen molar-refractivity contribution >= 4 is 5.69 Å². The van der Waals surface area contributed by atoms with Crippen LogP contribution in [0.1, 0.15) is 18.1 Å². The summed E-state index contributed by atoms with van der Waals surface area (Å²) in [6.45, 7) is 2.05. The molecular formula is C11H18N2O2. The zero-order valence-electron chi connectivity index (χ0n) is 9.41. The summed E-state index contributed by atoms with van der Waals surface area (Å²) in [5.74, 6) is -1.22. The predicted octanol–water partition coefficient (Wildman–Crippen LogP) is 1.19. The Bertz CT molecular complexity index is 335. The first kappa shape index (κ1) is 12.0. The van der Waals surface area contributed by atoms with Gasteiger partial charge in [0.1, 0.15) is 0 Å². The van der Waals surface area contributed by atoms with Gasteiger partial charge in [0.05, 0.1) is 0 Å². The molecule has 0 spiro atoms. The standard InChI is InChI=1S/C11H18N2O2/c1-4-8-5-6-9(7-10(8)12)11(13,14-2)15-3/h5-7H,4,12-13H2,1-3H3. The molecule has 0 radical (unpaired) electrons. The molecule has 0 bridgehead atoms. The fourth-order valence-electron chi connectivity index (χ4n) is 1.45. The molecule has 0 aliphatic heterocycles. The van der Waals surface area contributed by atoms with Crippen molar-refractivity contribution < 1.29 is 9.47 Å². The Balaban J connectivity index is 3.11. The largest absolute Gasteiger partial charge is 0.398 e. The van der Waals surface area contributed by atoms with E-state index in [1.165, 1.54) is 14.2 Å². The SMILES string of the molecule is CCc1ccc(C(N)(OC)OC)cc1N. The van der Waals surface area contributed by atoms with Crippen LogP contribution in [0, 0.1) is 0 Å². The van der Waals surface area contributed by atoms with E-state index in [-0.39, 0.29) is 0 Å². The molecular weight excluding hydrogens is 192 g/mol. The van der Waals surface area contributed by atoms with Gasteiger partial charge in [-0.05, 0) is 18.1 Å². The first-order valence-electron chi connectivity index (χ1n) is 4.85. The minimum atomic E-state index is -1.22. The van der Waals surface area contributed by atoms with E-state index >= 15 is 0 Å². The van der Waals surface area contributed by atoms with E-state index in [9.17, 15) is 0 Å². The third-order valence-electron chi connectivity index (χ3n) is 2.54. The van der Waals surface area contributed by atoms with E-state index in [1.54, 1.807) is 6.07 Å². The monoisotopic (exact) mass is 210 g/mol. The number of hydrogen-bond acceptors (Lipinski definition) is 4. The normalized spacial score (nSPS) is 11.7. The van der Waals surface area contributed by atoms with E-state index in [4.69, 9.17) is 20.9 Å². The second-order valence-electron chi connectivity index (χ2n) is 3.34. The second-order valence-corrected chi connectivity index (χ2v) is 3.34. The molecule has 1 rings (SSSR count). The van der Waals surface area contributed by atoms with Crippen molar-refractivity contribution in [2.75, 3.05) is 20.0 Å². The van der Waals surface area contributed by atoms with E-state index in [2.05, 4.69) is 0 Å². The number of ether oxygens (including phenoxy) is 2. The number of benzene rings is 1. The lowest BCUT2D eigenvalue weighted by Gasteiger charge is -2.26. The van der Waals surface area contributed by atoms with E-state index in [0.29, 0.717) is 11.3 Å². The molecule has 0 aliphatic carbocycles. The van der Waals surface area contributed by atoms with Crippen molar-refractivity contribution in [3.05, 3.63) is 29.3 Å². The van der Waals surface area contributed by atoms with Crippen LogP contribution in [0.25, 0.3) is 0 Å². The van der Waals surface area contributed by atoms with E-state index in [1.807, 2.05) is 19.1 Å². The number of anilines is 1. The van der Waals surface area contributed by atoms with Crippen LogP contribution < -0.4 is 11.5 Å². The topological polar surface area (TPSA) is 70.5 Å². The molecule has 15 heavy (non-hydrogen) atoms. The van der Waals surface area contributed by atoms with Gasteiger partial charge in [0.2, 0.25) is 0 Å². The highest BCUT2D eigenvalue weighted by Crippen LogP contribution is 2.24. The molecule has 4 heteroatoms. The zero-order chi connectivity index (χ0) is 11.5. The molecule has 0 fully saturated rings. The van der Waals surface area contributed by atoms with Gasteiger partial charge < -0.3 is 15.2 Å². The highest BCUT2D eigenvalue weighted by molar-refractivity contribution is 5.50. The van der Waals surface area contributed by atoms with Gasteiger partial charge in [0.25, 0.3) is 5.91 Å². The summed E-state index contributed by atoms with van der Waals surface area (Å²) in [7, 11) is 2.99. The van der Waals surface area contributed by atoms with Crippen LogP contribution in [-0.4, -0.2) is 14.2 Å². The Morgan fingerprint density at radius 2 is 1.87 bits per heavy atom. The number of methoxy groups -OCH3 is 2. The fraction of sp³-hybridized carbons (Fsp3) is 0.455. The molecule has 1 aromatic carbocycles. The number of rotatable bonds is 4. The summed E-state index contributed by atoms with van der Waals surface area (Å²) < 4.78 is 10.2. The molecule has 4 nitrogen and oxygen atoms in total. The maximum Gasteiger partial charge on any atom is 0.252 e. The lowest BCUT2D eigenvalue weighted by molar-refractivity contribution is -0.211. The van der Waals surface area contributed by atoms with Crippen LogP contribution in [-0.2, 0) is 21.8 Å². The van der Waals surface area contributed by atoms with Crippen LogP contribution in [0.3, 0.4) is 0 Å². The Hall–Kier alpha value is -1.10. The van der Waals surface area contributed by atoms with E-state index in [0.717, 1.165) is 12.0 Å². The van der Waals surface area contributed by atoms with Crippen molar-refractivity contribution in [2.24, 2.45) is 5.73 Å². The molecule has 0 aliphatic rings. The zero-order valence-corrected chi connectivity index (χ0v) is 9.41. The first-order valence-corrected chi connectivity index (χ1v) is 4.85. The van der Waals surface area contributed by atoms with Gasteiger partial charge in [-0.15, -0.1) is 0 Å². The average Bonchev–Trinajstić information content (AvgIpc) is 2.28. The molecule has 0 amide bonds. The van der Waals surface area contributed by atoms with Gasteiger partial charge in [0.15, 0.2) is 0 Å². The molecule has 0 saturated carbocycles. The third-order valence-corrected chi connectivity index (χ3v) is 2.54. The fourth-order valence-corrected chi connectivity index (χ4v) is 1.45. The van der Waals surface area contributed by atoms with Crippen molar-refractivity contribution in [2.45, 2.75) is 19.3 Å². The van der Waals surface area contributed by atoms with Crippen molar-refractivity contribution in [3.8, 4) is 0 Å². The lowest BCUT2D eigenvalue weighted by atomic mass is 10.1. The molecule has 4 N–H and O–H groups in total. The predicted molar refractivity (Wildman–Crippen MR) is 60.1 cm³/mol. The summed E-state index contributed by atoms with van der Waals surface area (Å²) in [5, 5.41) is 0. The van der Waals surface area contributed by atoms with Crippen molar-refractivity contribution in [1.29, 1.82) is 0 Å². The summed E-state index contributed by atoms with van der Waals surface area (Å²) in [6.07, 6.45) is 0.893. The maximum atomic E-state index is 5.88. The summed E-state index contributed by atoms with van der Waals surface area (Å²) in [5.41, 5.74) is 14.3. The Morgan fingerprint density at radius 3 is 2.27 bits per heavy atom. The molecule has 84 valence electrons. The molecule has 1 aromatic rings. The molecule has 0 heterocycles. The van der Waals surface area contributed by atoms with Gasteiger partial charge in [-0.3, -0.25) is 5.73 Å². The van der Waals surface area contributed by atoms with Gasteiger partial charge in [0, 0.05) is 25.5 Å². The molecule has 0 unspecified atom stereocenters. The highest BCUT2D eigenvalue weighted by Gasteiger charge is 2.26. The summed E-state index contributed by atoms with van der Waals surface area (Å²) >= 11 is 0. The van der Waals surface area contributed by atoms with Crippen LogP contribution >= 0.6 is 0 Å². The quantitative estimate of drug-likeness (QED) is 0.578. The second kappa shape index (κ2) is 4.61. The smallest absolute Gasteiger partial charge is 0.252 e. The minimum Gasteiger partial charge on any atom is -0.398 e. The first-order chi connectivity index (χ1) is 7.07. The van der Waals surface area contributed by atoms with Crippen LogP contribution in [0.5, 0.6) is 0 Å². The number of nitrogen functional groups attached to an aromatic ring is 1. The Labute approximate surface area is 90.2 Å². The Kier molecular flexibility index (Phi) is 3.68. The van der Waals surface area contributed by atoms with Gasteiger partial charge in [-0.1, -0.05) is 19.1 Å². The summed E-state index contributed by atoms with van der Waals surface area (Å²) in [4.78, 5) is 0. The van der Waals surface area contributed by atoms with Crippen molar-refractivity contribution in [3.63, 3.8) is 0 Å². The van der Waals surface area contributed by atoms with Crippen molar-refractivity contribution in [1.82, 2.24) is 0 Å². The average molecular weight is 210 g/mol. The number of aryl methyl sites for hydroxylation is 1. The van der Waals surface area contributed by atoms with Crippen LogP contribution in [0.15, 0.2) is 18.2 Å². The van der Waals surface area contributed by atoms with Gasteiger partial charge >= 0.3 is 0 Å². The Morgan fingerprint density at radius 1 is 1.27 bits per heavy atom. The molecule has 0 aromatic heterocycles. The third kappa shape index (κ3) is 2.28.